The van der Waals surface area contributed by atoms with Crippen LogP contribution in [0.2, 0.25) is 5.02 Å². The Morgan fingerprint density at radius 1 is 1.26 bits per heavy atom. The number of carbonyl (C=O) groups excluding carboxylic acids is 1. The zero-order valence-corrected chi connectivity index (χ0v) is 19.2. The van der Waals surface area contributed by atoms with Crippen molar-refractivity contribution in [3.8, 4) is 5.69 Å². The van der Waals surface area contributed by atoms with Crippen LogP contribution in [0.5, 0.6) is 0 Å². The Morgan fingerprint density at radius 3 is 2.74 bits per heavy atom. The molecular formula is C20H18ClN3O5S2. The Morgan fingerprint density at radius 2 is 2.03 bits per heavy atom. The second kappa shape index (κ2) is 8.12. The lowest BCUT2D eigenvalue weighted by atomic mass is 10.3. The van der Waals surface area contributed by atoms with Crippen LogP contribution >= 0.6 is 22.9 Å². The summed E-state index contributed by atoms with van der Waals surface area (Å²) >= 11 is 7.35. The molecule has 0 aliphatic heterocycles. The third kappa shape index (κ3) is 4.11. The van der Waals surface area contributed by atoms with Crippen molar-refractivity contribution >= 4 is 49.1 Å². The minimum absolute atomic E-state index is 0.185. The first-order chi connectivity index (χ1) is 14.7. The highest BCUT2D eigenvalue weighted by Crippen LogP contribution is 2.31. The zero-order valence-electron chi connectivity index (χ0n) is 16.8. The second-order valence-corrected chi connectivity index (χ2v) is 10.4. The van der Waals surface area contributed by atoms with Crippen molar-refractivity contribution in [2.24, 2.45) is 0 Å². The van der Waals surface area contributed by atoms with E-state index in [-0.39, 0.29) is 17.5 Å². The van der Waals surface area contributed by atoms with E-state index < -0.39 is 16.0 Å². The van der Waals surface area contributed by atoms with E-state index in [0.717, 1.165) is 25.9 Å². The highest BCUT2D eigenvalue weighted by atomic mass is 35.5. The predicted molar refractivity (Wildman–Crippen MR) is 117 cm³/mol. The third-order valence-corrected chi connectivity index (χ3v) is 7.53. The number of aromatic nitrogens is 2. The van der Waals surface area contributed by atoms with E-state index in [1.807, 2.05) is 19.1 Å². The number of rotatable bonds is 6. The van der Waals surface area contributed by atoms with Gasteiger partial charge in [0.25, 0.3) is 10.0 Å². The van der Waals surface area contributed by atoms with Gasteiger partial charge in [-0.05, 0) is 43.3 Å². The summed E-state index contributed by atoms with van der Waals surface area (Å²) in [5.74, 6) is -0.303. The second-order valence-electron chi connectivity index (χ2n) is 6.89. The molecule has 4 aromatic rings. The number of esters is 1. The van der Waals surface area contributed by atoms with Gasteiger partial charge in [-0.2, -0.15) is 5.10 Å². The average molecular weight is 480 g/mol. The van der Waals surface area contributed by atoms with E-state index in [1.54, 1.807) is 22.9 Å². The minimum atomic E-state index is -3.69. The average Bonchev–Trinajstić information content (AvgIpc) is 3.43. The van der Waals surface area contributed by atoms with Crippen molar-refractivity contribution < 1.29 is 22.4 Å². The third-order valence-electron chi connectivity index (χ3n) is 4.52. The molecule has 31 heavy (non-hydrogen) atoms. The Kier molecular flexibility index (Phi) is 5.65. The van der Waals surface area contributed by atoms with Crippen LogP contribution in [0.4, 0.5) is 0 Å². The van der Waals surface area contributed by atoms with Gasteiger partial charge in [0.05, 0.1) is 11.4 Å². The molecule has 4 rings (SSSR count). The molecule has 1 aromatic carbocycles. The number of hydrogen-bond acceptors (Lipinski definition) is 7. The lowest BCUT2D eigenvalue weighted by molar-refractivity contribution is 0.0446. The number of sulfonamides is 1. The number of thiophene rings is 1. The van der Waals surface area contributed by atoms with Crippen molar-refractivity contribution in [1.82, 2.24) is 14.1 Å². The number of furan rings is 1. The molecular weight excluding hydrogens is 462 g/mol. The van der Waals surface area contributed by atoms with Crippen LogP contribution in [0.15, 0.2) is 52.0 Å². The smallest absolute Gasteiger partial charge is 0.348 e. The fourth-order valence-corrected chi connectivity index (χ4v) is 4.97. The van der Waals surface area contributed by atoms with Crippen LogP contribution in [-0.2, 0) is 21.4 Å². The number of nitrogens with zero attached hydrogens (tertiary/aromatic N) is 3. The lowest BCUT2D eigenvalue weighted by Gasteiger charge is -2.07. The van der Waals surface area contributed by atoms with Crippen LogP contribution in [-0.4, -0.2) is 42.6 Å². The Labute approximate surface area is 187 Å². The van der Waals surface area contributed by atoms with E-state index in [1.165, 1.54) is 37.6 Å². The SMILES string of the molecule is Cc1nn(-c2cccc(Cl)c2)c2sc(C(=O)OCc3ccc(S(=O)(=O)N(C)C)o3)cc12. The maximum atomic E-state index is 12.6. The zero-order chi connectivity index (χ0) is 22.3. The molecule has 0 N–H and O–H groups in total. The van der Waals surface area contributed by atoms with E-state index in [9.17, 15) is 13.2 Å². The summed E-state index contributed by atoms with van der Waals surface area (Å²) in [5, 5.41) is 5.76. The fraction of sp³-hybridized carbons (Fsp3) is 0.200. The van der Waals surface area contributed by atoms with Gasteiger partial charge in [0.1, 0.15) is 22.1 Å². The Balaban J connectivity index is 1.54. The van der Waals surface area contributed by atoms with Crippen LogP contribution in [0.1, 0.15) is 21.1 Å². The van der Waals surface area contributed by atoms with E-state index in [2.05, 4.69) is 5.10 Å². The topological polar surface area (TPSA) is 94.6 Å². The van der Waals surface area contributed by atoms with Crippen molar-refractivity contribution in [3.63, 3.8) is 0 Å². The summed E-state index contributed by atoms with van der Waals surface area (Å²) in [5.41, 5.74) is 1.56. The molecule has 0 amide bonds. The molecule has 0 aliphatic carbocycles. The van der Waals surface area contributed by atoms with Gasteiger partial charge in [0, 0.05) is 24.5 Å². The molecule has 0 unspecified atom stereocenters. The first-order valence-corrected chi connectivity index (χ1v) is 11.7. The highest BCUT2D eigenvalue weighted by molar-refractivity contribution is 7.88. The van der Waals surface area contributed by atoms with Gasteiger partial charge >= 0.3 is 5.97 Å². The first kappa shape index (κ1) is 21.6. The van der Waals surface area contributed by atoms with Gasteiger partial charge in [-0.1, -0.05) is 17.7 Å². The molecule has 162 valence electrons. The molecule has 0 saturated heterocycles. The van der Waals surface area contributed by atoms with Gasteiger partial charge in [0.15, 0.2) is 0 Å². The van der Waals surface area contributed by atoms with Gasteiger partial charge in [-0.3, -0.25) is 0 Å². The largest absolute Gasteiger partial charge is 0.453 e. The summed E-state index contributed by atoms with van der Waals surface area (Å²) in [6.07, 6.45) is 0. The Hall–Kier alpha value is -2.66. The number of hydrogen-bond donors (Lipinski definition) is 0. The summed E-state index contributed by atoms with van der Waals surface area (Å²) in [4.78, 5) is 13.8. The molecule has 0 saturated carbocycles. The first-order valence-electron chi connectivity index (χ1n) is 9.10. The summed E-state index contributed by atoms with van der Waals surface area (Å²) in [6.45, 7) is 1.68. The van der Waals surface area contributed by atoms with Crippen molar-refractivity contribution in [2.75, 3.05) is 14.1 Å². The predicted octanol–water partition coefficient (Wildman–Crippen LogP) is 4.25. The summed E-state index contributed by atoms with van der Waals surface area (Å²) in [6, 6.07) is 11.8. The maximum absolute atomic E-state index is 12.6. The maximum Gasteiger partial charge on any atom is 0.348 e. The molecule has 8 nitrogen and oxygen atoms in total. The number of benzene rings is 1. The molecule has 0 radical (unpaired) electrons. The molecule has 11 heteroatoms. The van der Waals surface area contributed by atoms with Crippen LogP contribution < -0.4 is 0 Å². The molecule has 3 heterocycles. The quantitative estimate of drug-likeness (QED) is 0.384. The number of carbonyl (C=O) groups is 1. The van der Waals surface area contributed by atoms with Crippen LogP contribution in [0.3, 0.4) is 0 Å². The minimum Gasteiger partial charge on any atom is -0.453 e. The monoisotopic (exact) mass is 479 g/mol. The van der Waals surface area contributed by atoms with E-state index >= 15 is 0 Å². The summed E-state index contributed by atoms with van der Waals surface area (Å²) < 4.78 is 37.6. The highest BCUT2D eigenvalue weighted by Gasteiger charge is 2.23. The Bertz CT molecular complexity index is 1380. The number of fused-ring (bicyclic) bond motifs is 1. The molecule has 0 aliphatic rings. The van der Waals surface area contributed by atoms with Crippen LogP contribution in [0, 0.1) is 6.92 Å². The molecule has 0 bridgehead atoms. The normalized spacial score (nSPS) is 12.0. The van der Waals surface area contributed by atoms with Crippen molar-refractivity contribution in [3.05, 3.63) is 63.8 Å². The van der Waals surface area contributed by atoms with Crippen molar-refractivity contribution in [2.45, 2.75) is 18.6 Å². The van der Waals surface area contributed by atoms with E-state index in [0.29, 0.717) is 9.90 Å². The van der Waals surface area contributed by atoms with Crippen LogP contribution in [0.25, 0.3) is 15.9 Å². The molecule has 3 aromatic heterocycles. The number of aryl methyl sites for hydroxylation is 1. The molecule has 0 atom stereocenters. The van der Waals surface area contributed by atoms with Gasteiger partial charge in [-0.15, -0.1) is 11.3 Å². The van der Waals surface area contributed by atoms with Gasteiger partial charge in [0.2, 0.25) is 5.09 Å². The standard InChI is InChI=1S/C20H18ClN3O5S2/c1-12-16-10-17(30-19(16)24(22-12)14-6-4-5-13(21)9-14)20(25)28-11-15-7-8-18(29-15)31(26,27)23(2)3/h4-10H,11H2,1-3H3. The lowest BCUT2D eigenvalue weighted by Crippen LogP contribution is -2.21. The van der Waals surface area contributed by atoms with Gasteiger partial charge in [-0.25, -0.2) is 22.2 Å². The molecule has 0 spiro atoms. The number of ether oxygens (including phenoxy) is 1. The van der Waals surface area contributed by atoms with Crippen molar-refractivity contribution in [1.29, 1.82) is 0 Å². The molecule has 0 fully saturated rings. The fourth-order valence-electron chi connectivity index (χ4n) is 2.89. The van der Waals surface area contributed by atoms with Gasteiger partial charge < -0.3 is 9.15 Å². The number of halogens is 1. The summed E-state index contributed by atoms with van der Waals surface area (Å²) in [7, 11) is -0.870. The van der Waals surface area contributed by atoms with E-state index in [4.69, 9.17) is 20.8 Å².